The normalized spacial score (nSPS) is 20.9. The minimum Gasteiger partial charge on any atom is -0.629 e. The van der Waals surface area contributed by atoms with E-state index in [-0.39, 0.29) is 124 Å². The van der Waals surface area contributed by atoms with E-state index in [1.54, 1.807) is 19.1 Å². The van der Waals surface area contributed by atoms with Crippen LogP contribution in [0.4, 0.5) is 0 Å². The second kappa shape index (κ2) is 22.0. The molecule has 0 radical (unpaired) electrons. The molecule has 58 heavy (non-hydrogen) atoms. The number of hydrogen-bond donors (Lipinski definition) is 4. The minimum absolute atomic E-state index is 0. The van der Waals surface area contributed by atoms with Crippen LogP contribution in [0.3, 0.4) is 0 Å². The summed E-state index contributed by atoms with van der Waals surface area (Å²) in [6.07, 6.45) is 7.37. The molecule has 0 aliphatic carbocycles. The third-order valence-corrected chi connectivity index (χ3v) is 10.5. The third-order valence-electron chi connectivity index (χ3n) is 10.5. The summed E-state index contributed by atoms with van der Waals surface area (Å²) in [5, 5.41) is 55.4. The zero-order chi connectivity index (χ0) is 40.3. The molecule has 3 atom stereocenters. The van der Waals surface area contributed by atoms with Crippen molar-refractivity contribution in [3.05, 3.63) is 104 Å². The summed E-state index contributed by atoms with van der Waals surface area (Å²) in [5.41, 5.74) is 7.76. The molecule has 0 aromatic rings. The van der Waals surface area contributed by atoms with Crippen LogP contribution in [-0.2, 0) is 19.2 Å². The number of aliphatic imine (C=N–C) groups is 3. The summed E-state index contributed by atoms with van der Waals surface area (Å²) in [6, 6.07) is -1.92. The number of carboxylic acids is 2. The Morgan fingerprint density at radius 2 is 1.57 bits per heavy atom. The van der Waals surface area contributed by atoms with Crippen molar-refractivity contribution < 1.29 is 128 Å². The Labute approximate surface area is 405 Å². The van der Waals surface area contributed by atoms with Gasteiger partial charge < -0.3 is 46.0 Å². The fourth-order valence-corrected chi connectivity index (χ4v) is 7.44. The number of carbonyl (C=O) groups excluding carboxylic acids is 4. The molecule has 4 N–H and O–H groups in total. The van der Waals surface area contributed by atoms with Crippen LogP contribution < -0.4 is 120 Å². The third kappa shape index (κ3) is 11.0. The molecule has 290 valence electrons. The number of rotatable bonds is 13. The van der Waals surface area contributed by atoms with Gasteiger partial charge in [-0.1, -0.05) is 33.4 Å². The van der Waals surface area contributed by atoms with Crippen LogP contribution >= 0.6 is 0 Å². The van der Waals surface area contributed by atoms with Gasteiger partial charge in [-0.05, 0) is 80.6 Å². The number of fused-ring (bicyclic) bond motifs is 5. The predicted molar refractivity (Wildman–Crippen MR) is 201 cm³/mol. The molecule has 1 fully saturated rings. The average molecular weight is 819 g/mol. The predicted octanol–water partition coefficient (Wildman–Crippen LogP) is -7.16. The summed E-state index contributed by atoms with van der Waals surface area (Å²) in [7, 11) is 0. The van der Waals surface area contributed by atoms with E-state index in [1.807, 2.05) is 46.8 Å². The number of aliphatic carboxylic acids is 2. The monoisotopic (exact) mass is 818 g/mol. The molecule has 17 heteroatoms. The Kier molecular flexibility index (Phi) is 19.4. The van der Waals surface area contributed by atoms with Crippen molar-refractivity contribution in [1.29, 1.82) is 0 Å². The van der Waals surface area contributed by atoms with Gasteiger partial charge in [-0.25, -0.2) is 15.0 Å². The van der Waals surface area contributed by atoms with Crippen LogP contribution in [0.15, 0.2) is 119 Å². The number of aliphatic hydroxyl groups is 1. The molecule has 5 aliphatic heterocycles. The Hall–Kier alpha value is -3.05. The summed E-state index contributed by atoms with van der Waals surface area (Å²) >= 11 is 0. The molecule has 5 rings (SSSR count). The van der Waals surface area contributed by atoms with Crippen molar-refractivity contribution in [1.82, 2.24) is 16.0 Å². The second-order valence-corrected chi connectivity index (χ2v) is 14.0. The SMILES string of the molecule is C=CC1=C(C)C2=NC1=CC1=NC(=CC3=C(C)/C(=C(\[O-])O)C(=N3)C(CC(=O)N[C@@H](CC(=O)[O-])C(=O)[O-])=C3NC(=C2)[C@@H](C)[C@@H]3CCC(=O)NCCC)C(CC)=C1C.[Na+].[Na+].[Na+]. The van der Waals surface area contributed by atoms with Crippen LogP contribution in [0.1, 0.15) is 80.1 Å². The number of hydrogen-bond acceptors (Lipinski definition) is 12. The molecule has 14 nitrogen and oxygen atoms in total. The molecule has 0 unspecified atom stereocenters. The van der Waals surface area contributed by atoms with E-state index >= 15 is 0 Å². The number of carboxylic acid groups (broad SMARTS) is 2. The van der Waals surface area contributed by atoms with Crippen molar-refractivity contribution in [2.45, 2.75) is 86.1 Å². The topological polar surface area (TPSA) is 231 Å². The van der Waals surface area contributed by atoms with Gasteiger partial charge in [0, 0.05) is 65.3 Å². The summed E-state index contributed by atoms with van der Waals surface area (Å²) < 4.78 is 0. The van der Waals surface area contributed by atoms with E-state index in [4.69, 9.17) is 15.0 Å². The van der Waals surface area contributed by atoms with Gasteiger partial charge in [-0.15, -0.1) is 0 Å². The summed E-state index contributed by atoms with van der Waals surface area (Å²) in [5.74, 6) is -6.74. The van der Waals surface area contributed by atoms with Crippen molar-refractivity contribution in [3.8, 4) is 0 Å². The van der Waals surface area contributed by atoms with E-state index < -0.39 is 48.6 Å². The molecular weight excluding hydrogens is 773 g/mol. The maximum Gasteiger partial charge on any atom is 1.00 e. The van der Waals surface area contributed by atoms with Crippen LogP contribution in [0.5, 0.6) is 0 Å². The average Bonchev–Trinajstić information content (AvgIpc) is 3.81. The standard InChI is InChI=1S/C41H48N6O8.3Na/c1-8-13-42-34(48)12-11-25-21(6)29-15-27-19(4)23(9-2)31(43-27)16-28-20(5)24(10-3)32(44-28)17-30-22(7)37(41(54)55)39(47-30)26(38(25)46-29)14-35(49)45-33(40(52)53)18-36(50)51;;;/h9,15-17,21,25,33,46,54-55H,2,8,10-14,18H2,1,3-7H3,(H,42,48)(H,45,49)(H,50,51)(H,52,53);;;/q;3*+1/p-3/t21-,25-,33-;;;/m0.../s1. The number of allylic oxidation sites excluding steroid dienone is 11. The van der Waals surface area contributed by atoms with E-state index in [0.717, 1.165) is 28.7 Å². The molecule has 0 aromatic carbocycles. The van der Waals surface area contributed by atoms with E-state index in [0.29, 0.717) is 64.9 Å². The smallest absolute Gasteiger partial charge is 0.629 e. The molecule has 0 saturated carbocycles. The molecule has 2 amide bonds. The number of nitrogens with one attached hydrogen (secondary N) is 3. The van der Waals surface area contributed by atoms with Crippen molar-refractivity contribution in [2.24, 2.45) is 26.8 Å². The maximum atomic E-state index is 13.7. The van der Waals surface area contributed by atoms with Gasteiger partial charge in [0.2, 0.25) is 11.8 Å². The molecule has 8 bridgehead atoms. The molecule has 5 heterocycles. The molecular formula is C41H45N6Na3O8. The largest absolute Gasteiger partial charge is 1.00 e. The fourth-order valence-electron chi connectivity index (χ4n) is 7.44. The van der Waals surface area contributed by atoms with Crippen molar-refractivity contribution >= 4 is 40.9 Å². The summed E-state index contributed by atoms with van der Waals surface area (Å²) in [4.78, 5) is 64.5. The van der Waals surface area contributed by atoms with Gasteiger partial charge >= 0.3 is 88.7 Å². The molecule has 1 saturated heterocycles. The minimum atomic E-state index is -1.92. The van der Waals surface area contributed by atoms with Crippen LogP contribution in [0, 0.1) is 11.8 Å². The summed E-state index contributed by atoms with van der Waals surface area (Å²) in [6.45, 7) is 15.9. The number of amides is 2. The van der Waals surface area contributed by atoms with Crippen molar-refractivity contribution in [3.63, 3.8) is 0 Å². The van der Waals surface area contributed by atoms with Crippen LogP contribution in [0.2, 0.25) is 0 Å². The Morgan fingerprint density at radius 1 is 0.914 bits per heavy atom. The van der Waals surface area contributed by atoms with Crippen LogP contribution in [0.25, 0.3) is 0 Å². The quantitative estimate of drug-likeness (QED) is 0.102. The fraction of sp³-hybridized carbons (Fsp3) is 0.390. The molecule has 5 aliphatic rings. The maximum absolute atomic E-state index is 13.7. The zero-order valence-electron chi connectivity index (χ0n) is 34.8. The first-order chi connectivity index (χ1) is 26.1. The van der Waals surface area contributed by atoms with Crippen LogP contribution in [-0.4, -0.2) is 58.6 Å². The number of aliphatic hydroxyl groups excluding tert-OH is 1. The van der Waals surface area contributed by atoms with Crippen molar-refractivity contribution in [2.75, 3.05) is 6.54 Å². The van der Waals surface area contributed by atoms with Gasteiger partial charge in [0.05, 0.1) is 58.6 Å². The first-order valence-electron chi connectivity index (χ1n) is 18.3. The Bertz CT molecular complexity index is 2130. The van der Waals surface area contributed by atoms with Gasteiger partial charge in [-0.3, -0.25) is 9.59 Å². The van der Waals surface area contributed by atoms with Gasteiger partial charge in [-0.2, -0.15) is 0 Å². The first kappa shape index (κ1) is 51.1. The number of nitrogens with zero attached hydrogens (tertiary/aromatic N) is 3. The molecule has 0 spiro atoms. The van der Waals surface area contributed by atoms with E-state index in [9.17, 15) is 39.6 Å². The van der Waals surface area contributed by atoms with E-state index in [1.165, 1.54) is 0 Å². The van der Waals surface area contributed by atoms with Gasteiger partial charge in [0.15, 0.2) is 0 Å². The van der Waals surface area contributed by atoms with Gasteiger partial charge in [0.1, 0.15) is 0 Å². The Morgan fingerprint density at radius 3 is 2.16 bits per heavy atom. The van der Waals surface area contributed by atoms with Gasteiger partial charge in [0.25, 0.3) is 0 Å². The van der Waals surface area contributed by atoms with E-state index in [2.05, 4.69) is 22.5 Å². The first-order valence-corrected chi connectivity index (χ1v) is 18.3. The Balaban J connectivity index is 0.00000387. The number of carbonyl (C=O) groups is 4. The molecule has 0 aromatic heterocycles. The zero-order valence-corrected chi connectivity index (χ0v) is 40.8. The second-order valence-electron chi connectivity index (χ2n) is 14.0.